The minimum Gasteiger partial charge on any atom is -0.394 e. The van der Waals surface area contributed by atoms with E-state index in [1.54, 1.807) is 18.2 Å². The van der Waals surface area contributed by atoms with Crippen LogP contribution in [0.25, 0.3) is 0 Å². The van der Waals surface area contributed by atoms with E-state index in [2.05, 4.69) is 5.32 Å². The number of nitrogens with zero attached hydrogens (tertiary/aromatic N) is 1. The van der Waals surface area contributed by atoms with Crippen molar-refractivity contribution in [2.75, 3.05) is 18.1 Å². The van der Waals surface area contributed by atoms with Crippen LogP contribution in [0.1, 0.15) is 13.8 Å². The molecule has 1 fully saturated rings. The molecule has 1 aliphatic heterocycles. The van der Waals surface area contributed by atoms with E-state index in [0.717, 1.165) is 0 Å². The van der Waals surface area contributed by atoms with Crippen LogP contribution in [0.2, 0.25) is 0 Å². The highest BCUT2D eigenvalue weighted by molar-refractivity contribution is 5.98. The molecule has 1 atom stereocenters. The number of carbonyl (C=O) groups is 1. The Kier molecular flexibility index (Phi) is 3.36. The lowest BCUT2D eigenvalue weighted by Crippen LogP contribution is -2.66. The van der Waals surface area contributed by atoms with Crippen molar-refractivity contribution in [1.82, 2.24) is 5.32 Å². The summed E-state index contributed by atoms with van der Waals surface area (Å²) < 4.78 is 13.8. The molecule has 4 nitrogen and oxygen atoms in total. The molecule has 1 amide bonds. The van der Waals surface area contributed by atoms with Crippen molar-refractivity contribution in [3.63, 3.8) is 0 Å². The number of amides is 1. The summed E-state index contributed by atoms with van der Waals surface area (Å²) in [6.45, 7) is 3.89. The van der Waals surface area contributed by atoms with E-state index >= 15 is 0 Å². The van der Waals surface area contributed by atoms with Crippen molar-refractivity contribution in [3.05, 3.63) is 30.1 Å². The summed E-state index contributed by atoms with van der Waals surface area (Å²) in [6.07, 6.45) is 0. The van der Waals surface area contributed by atoms with Gasteiger partial charge in [-0.2, -0.15) is 0 Å². The minimum atomic E-state index is -0.687. The largest absolute Gasteiger partial charge is 0.394 e. The van der Waals surface area contributed by atoms with Gasteiger partial charge in [0.1, 0.15) is 11.9 Å². The summed E-state index contributed by atoms with van der Waals surface area (Å²) in [7, 11) is 0. The van der Waals surface area contributed by atoms with Crippen LogP contribution in [0.5, 0.6) is 0 Å². The summed E-state index contributed by atoms with van der Waals surface area (Å²) >= 11 is 0. The van der Waals surface area contributed by atoms with Crippen molar-refractivity contribution in [1.29, 1.82) is 0 Å². The Balaban J connectivity index is 2.37. The molecule has 0 bridgehead atoms. The van der Waals surface area contributed by atoms with Crippen LogP contribution in [0, 0.1) is 5.82 Å². The smallest absolute Gasteiger partial charge is 0.246 e. The number of aliphatic hydroxyl groups excluding tert-OH is 1. The number of aliphatic hydroxyl groups is 1. The molecule has 2 N–H and O–H groups in total. The fourth-order valence-electron chi connectivity index (χ4n) is 2.24. The predicted octanol–water partition coefficient (Wildman–Crippen LogP) is 0.901. The number of halogens is 1. The summed E-state index contributed by atoms with van der Waals surface area (Å²) in [5.74, 6) is -0.734. The Labute approximate surface area is 105 Å². The Hall–Kier alpha value is -1.46. The van der Waals surface area contributed by atoms with Gasteiger partial charge >= 0.3 is 0 Å². The first-order valence-electron chi connectivity index (χ1n) is 5.89. The Morgan fingerprint density at radius 1 is 1.50 bits per heavy atom. The van der Waals surface area contributed by atoms with Crippen molar-refractivity contribution in [3.8, 4) is 0 Å². The number of hydrogen-bond acceptors (Lipinski definition) is 3. The number of nitrogens with one attached hydrogen (secondary N) is 1. The molecule has 0 aromatic heterocycles. The van der Waals surface area contributed by atoms with Crippen LogP contribution >= 0.6 is 0 Å². The number of hydrogen-bond donors (Lipinski definition) is 2. The third-order valence-corrected chi connectivity index (χ3v) is 3.01. The zero-order valence-electron chi connectivity index (χ0n) is 10.5. The molecule has 1 aromatic carbocycles. The van der Waals surface area contributed by atoms with Crippen molar-refractivity contribution < 1.29 is 14.3 Å². The van der Waals surface area contributed by atoms with Crippen LogP contribution in [0.15, 0.2) is 24.3 Å². The number of piperazine rings is 1. The Morgan fingerprint density at radius 2 is 2.17 bits per heavy atom. The highest BCUT2D eigenvalue weighted by Crippen LogP contribution is 2.25. The van der Waals surface area contributed by atoms with Crippen LogP contribution in [-0.4, -0.2) is 35.7 Å². The lowest BCUT2D eigenvalue weighted by atomic mass is 9.97. The zero-order chi connectivity index (χ0) is 13.3. The van der Waals surface area contributed by atoms with E-state index in [-0.39, 0.29) is 23.7 Å². The number of carbonyl (C=O) groups excluding carboxylic acids is 1. The molecule has 1 aliphatic rings. The van der Waals surface area contributed by atoms with E-state index < -0.39 is 11.9 Å². The van der Waals surface area contributed by atoms with Crippen LogP contribution in [-0.2, 0) is 4.79 Å². The van der Waals surface area contributed by atoms with Gasteiger partial charge in [-0.15, -0.1) is 0 Å². The van der Waals surface area contributed by atoms with Crippen LogP contribution in [0.4, 0.5) is 10.1 Å². The maximum absolute atomic E-state index is 13.8. The first-order valence-corrected chi connectivity index (χ1v) is 5.89. The first-order chi connectivity index (χ1) is 8.44. The van der Waals surface area contributed by atoms with Crippen molar-refractivity contribution in [2.45, 2.75) is 25.4 Å². The average molecular weight is 252 g/mol. The standard InChI is InChI=1S/C13H17FN2O2/c1-13(2)8-16(12(18)10(7-17)15-13)11-6-4-3-5-9(11)14/h3-6,10,15,17H,7-8H2,1-2H3. The van der Waals surface area contributed by atoms with Crippen LogP contribution in [0.3, 0.4) is 0 Å². The van der Waals surface area contributed by atoms with Gasteiger partial charge in [-0.25, -0.2) is 4.39 Å². The Bertz CT molecular complexity index is 462. The van der Waals surface area contributed by atoms with Gasteiger partial charge < -0.3 is 10.0 Å². The molecule has 2 rings (SSSR count). The lowest BCUT2D eigenvalue weighted by Gasteiger charge is -2.42. The molecule has 1 aromatic rings. The molecule has 1 heterocycles. The predicted molar refractivity (Wildman–Crippen MR) is 66.8 cm³/mol. The molecule has 18 heavy (non-hydrogen) atoms. The van der Waals surface area contributed by atoms with Crippen molar-refractivity contribution in [2.24, 2.45) is 0 Å². The second-order valence-corrected chi connectivity index (χ2v) is 5.14. The molecular weight excluding hydrogens is 235 g/mol. The molecule has 0 spiro atoms. The highest BCUT2D eigenvalue weighted by atomic mass is 19.1. The number of rotatable bonds is 2. The van der Waals surface area contributed by atoms with Crippen molar-refractivity contribution >= 4 is 11.6 Å². The monoisotopic (exact) mass is 252 g/mol. The highest BCUT2D eigenvalue weighted by Gasteiger charge is 2.38. The van der Waals surface area contributed by atoms with Gasteiger partial charge in [0, 0.05) is 12.1 Å². The van der Waals surface area contributed by atoms with E-state index in [9.17, 15) is 14.3 Å². The second-order valence-electron chi connectivity index (χ2n) is 5.14. The van der Waals surface area contributed by atoms with Gasteiger partial charge in [0.2, 0.25) is 5.91 Å². The second kappa shape index (κ2) is 4.66. The number of para-hydroxylation sites is 1. The lowest BCUT2D eigenvalue weighted by molar-refractivity contribution is -0.124. The fraction of sp³-hybridized carbons (Fsp3) is 0.462. The van der Waals surface area contributed by atoms with E-state index in [1.807, 2.05) is 13.8 Å². The molecule has 0 saturated carbocycles. The molecule has 1 saturated heterocycles. The van der Waals surface area contributed by atoms with Gasteiger partial charge in [0.05, 0.1) is 12.3 Å². The molecule has 98 valence electrons. The maximum Gasteiger partial charge on any atom is 0.246 e. The minimum absolute atomic E-state index is 0.260. The SMILES string of the molecule is CC1(C)CN(c2ccccc2F)C(=O)C(CO)N1. The number of anilines is 1. The third-order valence-electron chi connectivity index (χ3n) is 3.01. The zero-order valence-corrected chi connectivity index (χ0v) is 10.5. The van der Waals surface area contributed by atoms with E-state index in [4.69, 9.17) is 0 Å². The van der Waals surface area contributed by atoms with E-state index in [1.165, 1.54) is 11.0 Å². The van der Waals surface area contributed by atoms with Gasteiger partial charge in [0.15, 0.2) is 0 Å². The maximum atomic E-state index is 13.8. The summed E-state index contributed by atoms with van der Waals surface area (Å²) in [5.41, 5.74) is -0.112. The third kappa shape index (κ3) is 2.37. The van der Waals surface area contributed by atoms with Gasteiger partial charge in [0.25, 0.3) is 0 Å². The Morgan fingerprint density at radius 3 is 2.78 bits per heavy atom. The normalized spacial score (nSPS) is 23.2. The van der Waals surface area contributed by atoms with Gasteiger partial charge in [-0.3, -0.25) is 10.1 Å². The van der Waals surface area contributed by atoms with E-state index in [0.29, 0.717) is 6.54 Å². The number of benzene rings is 1. The van der Waals surface area contributed by atoms with Gasteiger partial charge in [-0.05, 0) is 26.0 Å². The first kappa shape index (κ1) is 13.0. The summed E-state index contributed by atoms with van der Waals surface area (Å²) in [5, 5.41) is 12.3. The molecule has 0 aliphatic carbocycles. The van der Waals surface area contributed by atoms with Gasteiger partial charge in [-0.1, -0.05) is 12.1 Å². The summed E-state index contributed by atoms with van der Waals surface area (Å²) in [4.78, 5) is 13.5. The summed E-state index contributed by atoms with van der Waals surface area (Å²) in [6, 6.07) is 5.48. The quantitative estimate of drug-likeness (QED) is 0.822. The fourth-order valence-corrected chi connectivity index (χ4v) is 2.24. The molecule has 5 heteroatoms. The topological polar surface area (TPSA) is 52.6 Å². The average Bonchev–Trinajstić information content (AvgIpc) is 2.32. The molecule has 1 unspecified atom stereocenters. The molecule has 0 radical (unpaired) electrons. The molecular formula is C13H17FN2O2. The van der Waals surface area contributed by atoms with Crippen LogP contribution < -0.4 is 10.2 Å².